The largest absolute Gasteiger partial charge is 0.756 e. The highest BCUT2D eigenvalue weighted by atomic mass is 31.3. The molecule has 0 bridgehead atoms. The first-order valence-electron chi connectivity index (χ1n) is 7.42. The Morgan fingerprint density at radius 2 is 1.72 bits per heavy atom. The molecule has 0 radical (unpaired) electrons. The quantitative estimate of drug-likeness (QED) is 0.436. The van der Waals surface area contributed by atoms with Crippen LogP contribution in [0.2, 0.25) is 0 Å². The maximum atomic E-state index is 11.4. The Morgan fingerprint density at radius 3 is 2.24 bits per heavy atom. The van der Waals surface area contributed by atoms with Crippen LogP contribution in [0.5, 0.6) is 0 Å². The van der Waals surface area contributed by atoms with Crippen LogP contribution in [0.1, 0.15) is 32.1 Å². The zero-order chi connectivity index (χ0) is 18.9. The summed E-state index contributed by atoms with van der Waals surface area (Å²) in [5, 5.41) is 9.86. The fourth-order valence-corrected chi connectivity index (χ4v) is 5.57. The number of phosphoric acid groups is 3. The van der Waals surface area contributed by atoms with E-state index >= 15 is 0 Å². The number of aliphatic hydroxyl groups excluding tert-OH is 1. The lowest BCUT2D eigenvalue weighted by Crippen LogP contribution is -2.27. The van der Waals surface area contributed by atoms with Gasteiger partial charge in [-0.2, -0.15) is 0 Å². The Morgan fingerprint density at radius 1 is 1.08 bits per heavy atom. The molecule has 2 N–H and O–H groups in total. The van der Waals surface area contributed by atoms with Gasteiger partial charge in [0.25, 0.3) is 23.5 Å². The van der Waals surface area contributed by atoms with Crippen molar-refractivity contribution in [3.05, 3.63) is 0 Å². The summed E-state index contributed by atoms with van der Waals surface area (Å²) in [5.74, 6) is 0.510. The van der Waals surface area contributed by atoms with Crippen LogP contribution in [0.15, 0.2) is 0 Å². The highest BCUT2D eigenvalue weighted by Crippen LogP contribution is 2.61. The lowest BCUT2D eigenvalue weighted by Gasteiger charge is -2.33. The lowest BCUT2D eigenvalue weighted by molar-refractivity contribution is -0.250. The molecule has 1 aliphatic heterocycles. The maximum absolute atomic E-state index is 11.4. The molecule has 6 atom stereocenters. The molecule has 12 nitrogen and oxygen atoms in total. The summed E-state index contributed by atoms with van der Waals surface area (Å²) in [5.41, 5.74) is 0. The Kier molecular flexibility index (Phi) is 7.04. The first-order chi connectivity index (χ1) is 11.4. The van der Waals surface area contributed by atoms with E-state index in [1.807, 2.05) is 0 Å². The van der Waals surface area contributed by atoms with E-state index in [-0.39, 0.29) is 6.10 Å². The van der Waals surface area contributed by atoms with E-state index in [2.05, 4.69) is 13.1 Å². The van der Waals surface area contributed by atoms with Crippen molar-refractivity contribution < 1.29 is 56.3 Å². The third-order valence-electron chi connectivity index (χ3n) is 3.92. The van der Waals surface area contributed by atoms with Crippen LogP contribution in [-0.2, 0) is 31.6 Å². The predicted molar refractivity (Wildman–Crippen MR) is 74.4 cm³/mol. The van der Waals surface area contributed by atoms with Gasteiger partial charge in [-0.25, -0.2) is 8.62 Å². The summed E-state index contributed by atoms with van der Waals surface area (Å²) in [7, 11) is -17.2. The number of hydrogen-bond acceptors (Lipinski definition) is 11. The molecule has 1 aliphatic carbocycles. The second-order valence-corrected chi connectivity index (χ2v) is 10.2. The van der Waals surface area contributed by atoms with E-state index < -0.39 is 42.3 Å². The molecule has 0 amide bonds. The Bertz CT molecular complexity index is 600. The van der Waals surface area contributed by atoms with E-state index in [1.165, 1.54) is 0 Å². The van der Waals surface area contributed by atoms with Crippen LogP contribution in [-0.4, -0.2) is 34.9 Å². The Labute approximate surface area is 143 Å². The van der Waals surface area contributed by atoms with Crippen LogP contribution < -0.4 is 14.7 Å². The van der Waals surface area contributed by atoms with Crippen molar-refractivity contribution in [3.8, 4) is 0 Å². The first kappa shape index (κ1) is 21.6. The summed E-state index contributed by atoms with van der Waals surface area (Å²) >= 11 is 0. The second-order valence-electron chi connectivity index (χ2n) is 5.95. The summed E-state index contributed by atoms with van der Waals surface area (Å²) < 4.78 is 49.2. The normalized spacial score (nSPS) is 34.7. The number of hydrogen-bond donors (Lipinski definition) is 2. The van der Waals surface area contributed by atoms with Crippen LogP contribution in [0.25, 0.3) is 0 Å². The monoisotopic (exact) mass is 423 g/mol. The molecule has 1 heterocycles. The number of ether oxygens (including phenoxy) is 1. The maximum Gasteiger partial charge on any atom is 0.280 e. The van der Waals surface area contributed by atoms with Crippen LogP contribution in [0.4, 0.5) is 0 Å². The van der Waals surface area contributed by atoms with Crippen molar-refractivity contribution in [2.45, 2.75) is 50.4 Å². The number of aliphatic hydroxyl groups is 1. The molecule has 2 aliphatic rings. The van der Waals surface area contributed by atoms with Gasteiger partial charge in [0, 0.05) is 6.42 Å². The molecular formula is C10H18O12P3-3. The fraction of sp³-hybridized carbons (Fsp3) is 1.00. The van der Waals surface area contributed by atoms with E-state index in [4.69, 9.17) is 9.63 Å². The van der Waals surface area contributed by atoms with Crippen LogP contribution in [0.3, 0.4) is 0 Å². The molecule has 1 saturated heterocycles. The van der Waals surface area contributed by atoms with Gasteiger partial charge < -0.3 is 33.9 Å². The van der Waals surface area contributed by atoms with Gasteiger partial charge >= 0.3 is 0 Å². The van der Waals surface area contributed by atoms with Gasteiger partial charge in [0.15, 0.2) is 0 Å². The highest BCUT2D eigenvalue weighted by Gasteiger charge is 2.37. The van der Waals surface area contributed by atoms with Crippen molar-refractivity contribution in [2.75, 3.05) is 6.61 Å². The zero-order valence-electron chi connectivity index (χ0n) is 12.9. The van der Waals surface area contributed by atoms with Crippen molar-refractivity contribution in [1.29, 1.82) is 0 Å². The molecular weight excluding hydrogens is 405 g/mol. The molecule has 2 rings (SSSR count). The smallest absolute Gasteiger partial charge is 0.280 e. The minimum Gasteiger partial charge on any atom is -0.756 e. The lowest BCUT2D eigenvalue weighted by atomic mass is 9.81. The van der Waals surface area contributed by atoms with Gasteiger partial charge in [-0.1, -0.05) is 19.3 Å². The van der Waals surface area contributed by atoms with Gasteiger partial charge in [-0.05, 0) is 12.3 Å². The third-order valence-corrected chi connectivity index (χ3v) is 7.61. The highest BCUT2D eigenvalue weighted by molar-refractivity contribution is 7.65. The summed E-state index contributed by atoms with van der Waals surface area (Å²) in [6.07, 6.45) is 2.06. The number of phosphoric ester groups is 1. The average molecular weight is 423 g/mol. The molecule has 0 spiro atoms. The molecule has 4 unspecified atom stereocenters. The van der Waals surface area contributed by atoms with E-state index in [0.717, 1.165) is 25.7 Å². The van der Waals surface area contributed by atoms with E-state index in [1.54, 1.807) is 0 Å². The van der Waals surface area contributed by atoms with Crippen molar-refractivity contribution >= 4 is 23.5 Å². The third kappa shape index (κ3) is 7.46. The summed E-state index contributed by atoms with van der Waals surface area (Å²) in [4.78, 5) is 41.1. The topological polar surface area (TPSA) is 198 Å². The molecule has 15 heteroatoms. The molecule has 0 aromatic rings. The first-order valence-corrected chi connectivity index (χ1v) is 11.8. The number of rotatable bonds is 9. The van der Waals surface area contributed by atoms with Gasteiger partial charge in [0.2, 0.25) is 0 Å². The molecule has 148 valence electrons. The van der Waals surface area contributed by atoms with Crippen molar-refractivity contribution in [2.24, 2.45) is 5.92 Å². The predicted octanol–water partition coefficient (Wildman–Crippen LogP) is -0.858. The van der Waals surface area contributed by atoms with E-state index in [0.29, 0.717) is 12.3 Å². The van der Waals surface area contributed by atoms with Crippen LogP contribution >= 0.6 is 23.5 Å². The summed E-state index contributed by atoms with van der Waals surface area (Å²) in [6.45, 7) is -0.725. The Hall–Kier alpha value is 0.330. The summed E-state index contributed by atoms with van der Waals surface area (Å²) in [6, 6.07) is 0. The van der Waals surface area contributed by atoms with Crippen LogP contribution in [0, 0.1) is 5.92 Å². The standard InChI is InChI=1S/C10H21O12P3/c11-9-5-8(4-7-2-1-3-7)20-10(9)6-19-24(15,16)22-25(17,18)21-23(12,13)14/h7-11H,1-6H2,(H,15,16)(H,17,18)(H2,12,13,14)/p-3/t8-,9?,10+/m0/s1. The van der Waals surface area contributed by atoms with Crippen molar-refractivity contribution in [3.63, 3.8) is 0 Å². The van der Waals surface area contributed by atoms with Gasteiger partial charge in [-0.15, -0.1) is 0 Å². The van der Waals surface area contributed by atoms with Gasteiger partial charge in [0.05, 0.1) is 18.8 Å². The molecule has 0 aromatic heterocycles. The van der Waals surface area contributed by atoms with Gasteiger partial charge in [-0.3, -0.25) is 13.7 Å². The average Bonchev–Trinajstić information content (AvgIpc) is 2.67. The fourth-order valence-electron chi connectivity index (χ4n) is 2.67. The SMILES string of the molecule is O=P([O-])(O)OP(=O)([O-])OP(=O)([O-])OC[C@H]1O[C@@H](CC2CCC2)CC1O. The van der Waals surface area contributed by atoms with Crippen molar-refractivity contribution in [1.82, 2.24) is 0 Å². The van der Waals surface area contributed by atoms with Gasteiger partial charge in [0.1, 0.15) is 6.10 Å². The molecule has 1 saturated carbocycles. The molecule has 2 fully saturated rings. The Balaban J connectivity index is 1.81. The zero-order valence-corrected chi connectivity index (χ0v) is 15.6. The minimum atomic E-state index is -5.92. The van der Waals surface area contributed by atoms with E-state index in [9.17, 15) is 33.5 Å². The molecule has 25 heavy (non-hydrogen) atoms. The minimum absolute atomic E-state index is 0.254. The molecule has 0 aromatic carbocycles. The second kappa shape index (κ2) is 8.14.